The largest absolute Gasteiger partial charge is 0.799 e. The molecule has 0 saturated heterocycles. The molecular weight excluding hydrogens is 220 g/mol. The van der Waals surface area contributed by atoms with Crippen molar-refractivity contribution in [3.05, 3.63) is 47.6 Å². The minimum Gasteiger partial charge on any atom is -0.799 e. The number of hydrogen-bond acceptors (Lipinski definition) is 2. The molecule has 2 nitrogen and oxygen atoms in total. The highest BCUT2D eigenvalue weighted by Crippen LogP contribution is 2.37. The fourth-order valence-electron chi connectivity index (χ4n) is 1.97. The predicted octanol–water partition coefficient (Wildman–Crippen LogP) is 2.54. The Morgan fingerprint density at radius 3 is 2.94 bits per heavy atom. The molecule has 1 heterocycles. The summed E-state index contributed by atoms with van der Waals surface area (Å²) < 4.78 is 12.2. The normalized spacial score (nSPS) is 22.6. The summed E-state index contributed by atoms with van der Waals surface area (Å²) in [6.45, 7) is 0. The zero-order valence-electron chi connectivity index (χ0n) is 8.47. The zero-order valence-corrected chi connectivity index (χ0v) is 9.29. The molecular formula is C13H9O2S-. The van der Waals surface area contributed by atoms with Crippen LogP contribution in [0.3, 0.4) is 0 Å². The lowest BCUT2D eigenvalue weighted by molar-refractivity contribution is -0.114. The summed E-state index contributed by atoms with van der Waals surface area (Å²) in [6, 6.07) is 7.49. The van der Waals surface area contributed by atoms with Gasteiger partial charge in [-0.05, 0) is 27.5 Å². The highest BCUT2D eigenvalue weighted by atomic mass is 32.2. The van der Waals surface area contributed by atoms with Gasteiger partial charge in [0.2, 0.25) is 0 Å². The summed E-state index contributed by atoms with van der Waals surface area (Å²) in [6.07, 6.45) is 5.84. The van der Waals surface area contributed by atoms with Crippen LogP contribution in [0.2, 0.25) is 0 Å². The first-order valence-corrected chi connectivity index (χ1v) is 6.22. The van der Waals surface area contributed by atoms with Crippen molar-refractivity contribution in [2.75, 3.05) is 0 Å². The van der Waals surface area contributed by atoms with Gasteiger partial charge in [0.25, 0.3) is 0 Å². The monoisotopic (exact) mass is 229 g/mol. The Balaban J connectivity index is 2.33. The molecule has 0 fully saturated rings. The lowest BCUT2D eigenvalue weighted by Crippen LogP contribution is -2.17. The van der Waals surface area contributed by atoms with Crippen molar-refractivity contribution in [3.8, 4) is 0 Å². The first kappa shape index (κ1) is 9.75. The molecule has 1 aromatic carbocycles. The Hall–Kier alpha value is -1.45. The molecule has 3 heteroatoms. The third kappa shape index (κ3) is 1.32. The van der Waals surface area contributed by atoms with Crippen LogP contribution in [-0.4, -0.2) is 15.2 Å². The number of hydrogen-bond donors (Lipinski definition) is 0. The number of fused-ring (bicyclic) bond motifs is 2. The van der Waals surface area contributed by atoms with E-state index in [2.05, 4.69) is 0 Å². The van der Waals surface area contributed by atoms with Crippen LogP contribution in [0.15, 0.2) is 46.9 Å². The molecule has 1 aromatic rings. The van der Waals surface area contributed by atoms with Crippen molar-refractivity contribution in [3.63, 3.8) is 0 Å². The van der Waals surface area contributed by atoms with Crippen LogP contribution in [0, 0.1) is 0 Å². The molecule has 0 radical (unpaired) electrons. The van der Waals surface area contributed by atoms with E-state index in [1.807, 2.05) is 30.3 Å². The highest BCUT2D eigenvalue weighted by Gasteiger charge is 2.20. The van der Waals surface area contributed by atoms with Crippen LogP contribution < -0.4 is 0 Å². The van der Waals surface area contributed by atoms with Gasteiger partial charge in [-0.25, -0.2) is 10.8 Å². The van der Waals surface area contributed by atoms with E-state index in [0.29, 0.717) is 16.9 Å². The molecule has 16 heavy (non-hydrogen) atoms. The van der Waals surface area contributed by atoms with Crippen molar-refractivity contribution < 1.29 is 9.35 Å². The van der Waals surface area contributed by atoms with Gasteiger partial charge in [0, 0.05) is 12.0 Å². The summed E-state index contributed by atoms with van der Waals surface area (Å²) in [5, 5.41) is 0. The third-order valence-corrected chi connectivity index (χ3v) is 4.28. The van der Waals surface area contributed by atoms with E-state index in [9.17, 15) is 9.35 Å². The maximum Gasteiger partial charge on any atom is 0.167 e. The molecule has 1 unspecified atom stereocenters. The molecule has 2 aliphatic rings. The summed E-state index contributed by atoms with van der Waals surface area (Å²) in [5.41, 5.74) is 1.50. The zero-order chi connectivity index (χ0) is 11.1. The fourth-order valence-corrected chi connectivity index (χ4v) is 3.34. The molecule has 1 aliphatic heterocycles. The first-order chi connectivity index (χ1) is 7.77. The van der Waals surface area contributed by atoms with Crippen LogP contribution in [-0.2, 0) is 4.79 Å². The molecule has 80 valence electrons. The second-order valence-electron chi connectivity index (χ2n) is 3.76. The number of carbonyl (C=O) groups excluding carboxylic acids is 1. The smallest absolute Gasteiger partial charge is 0.167 e. The molecule has 0 N–H and O–H groups in total. The Morgan fingerprint density at radius 1 is 1.25 bits per heavy atom. The van der Waals surface area contributed by atoms with Gasteiger partial charge in [0.1, 0.15) is 0 Å². The topological polar surface area (TPSA) is 40.1 Å². The third-order valence-electron chi connectivity index (χ3n) is 2.76. The summed E-state index contributed by atoms with van der Waals surface area (Å²) >= 11 is 0. The molecule has 0 aromatic heterocycles. The number of allylic oxidation sites excluding steroid dienone is 3. The number of ketones is 1. The molecule has 1 aliphatic carbocycles. The van der Waals surface area contributed by atoms with Crippen molar-refractivity contribution in [1.29, 1.82) is 0 Å². The van der Waals surface area contributed by atoms with Gasteiger partial charge in [0.05, 0.1) is 0 Å². The van der Waals surface area contributed by atoms with Gasteiger partial charge in [0.15, 0.2) is 5.78 Å². The van der Waals surface area contributed by atoms with Crippen LogP contribution in [0.4, 0.5) is 0 Å². The van der Waals surface area contributed by atoms with Gasteiger partial charge in [-0.3, -0.25) is 4.79 Å². The van der Waals surface area contributed by atoms with Gasteiger partial charge in [-0.15, -0.1) is 0 Å². The van der Waals surface area contributed by atoms with Crippen LogP contribution in [0.5, 0.6) is 0 Å². The molecule has 3 rings (SSSR count). The van der Waals surface area contributed by atoms with Crippen molar-refractivity contribution in [2.45, 2.75) is 11.3 Å². The van der Waals surface area contributed by atoms with Gasteiger partial charge >= 0.3 is 0 Å². The van der Waals surface area contributed by atoms with Crippen molar-refractivity contribution in [2.24, 2.45) is 0 Å². The van der Waals surface area contributed by atoms with E-state index in [-0.39, 0.29) is 5.78 Å². The number of rotatable bonds is 0. The van der Waals surface area contributed by atoms with Crippen molar-refractivity contribution >= 4 is 27.5 Å². The van der Waals surface area contributed by atoms with Gasteiger partial charge in [-0.2, -0.15) is 0 Å². The number of benzene rings is 1. The standard InChI is InChI=1S/C13H9O2S/c14-11-5-3-7-13-10(11)8-9-4-1-2-6-12(9)16(13)15/h1-4,6-8H,5H2/q-1. The van der Waals surface area contributed by atoms with Gasteiger partial charge < -0.3 is 4.55 Å². The lowest BCUT2D eigenvalue weighted by atomic mass is 9.97. The van der Waals surface area contributed by atoms with Gasteiger partial charge in [-0.1, -0.05) is 30.4 Å². The maximum atomic E-state index is 12.2. The quantitative estimate of drug-likeness (QED) is 0.641. The van der Waals surface area contributed by atoms with E-state index < -0.39 is 10.8 Å². The van der Waals surface area contributed by atoms with Crippen molar-refractivity contribution in [1.82, 2.24) is 0 Å². The van der Waals surface area contributed by atoms with E-state index in [1.54, 1.807) is 12.2 Å². The van der Waals surface area contributed by atoms with Crippen LogP contribution >= 0.6 is 10.8 Å². The predicted molar refractivity (Wildman–Crippen MR) is 64.8 cm³/mol. The van der Waals surface area contributed by atoms with E-state index in [4.69, 9.17) is 0 Å². The Bertz CT molecular complexity index is 579. The Labute approximate surface area is 96.1 Å². The first-order valence-electron chi connectivity index (χ1n) is 5.07. The molecule has 1 atom stereocenters. The second kappa shape index (κ2) is 3.54. The fraction of sp³-hybridized carbons (Fsp3) is 0.0769. The molecule has 0 saturated carbocycles. The minimum absolute atomic E-state index is 0.0559. The van der Waals surface area contributed by atoms with Crippen LogP contribution in [0.25, 0.3) is 6.08 Å². The number of carbonyl (C=O) groups is 1. The molecule has 0 amide bonds. The SMILES string of the molecule is O=C1CC=CC2=S([O-])c3ccccc3C=C12. The van der Waals surface area contributed by atoms with Crippen LogP contribution in [0.1, 0.15) is 12.0 Å². The minimum atomic E-state index is -1.21. The Morgan fingerprint density at radius 2 is 2.06 bits per heavy atom. The number of Topliss-reactive ketones (excluding diaryl/α,β-unsaturated/α-hetero) is 1. The average molecular weight is 229 g/mol. The van der Waals surface area contributed by atoms with E-state index in [1.165, 1.54) is 0 Å². The Kier molecular flexibility index (Phi) is 2.16. The summed E-state index contributed by atoms with van der Waals surface area (Å²) in [4.78, 5) is 13.1. The van der Waals surface area contributed by atoms with E-state index in [0.717, 1.165) is 10.5 Å². The average Bonchev–Trinajstić information content (AvgIpc) is 2.31. The maximum absolute atomic E-state index is 12.2. The molecule has 0 bridgehead atoms. The van der Waals surface area contributed by atoms with E-state index >= 15 is 0 Å². The highest BCUT2D eigenvalue weighted by molar-refractivity contribution is 8.11. The lowest BCUT2D eigenvalue weighted by Gasteiger charge is -2.28. The summed E-state index contributed by atoms with van der Waals surface area (Å²) in [7, 11) is -1.21. The summed E-state index contributed by atoms with van der Waals surface area (Å²) in [5.74, 6) is 0.0559. The molecule has 0 spiro atoms. The second-order valence-corrected chi connectivity index (χ2v) is 5.18.